The van der Waals surface area contributed by atoms with Crippen LogP contribution in [0.15, 0.2) is 17.2 Å². The summed E-state index contributed by atoms with van der Waals surface area (Å²) in [5, 5.41) is 3.28. The van der Waals surface area contributed by atoms with Gasteiger partial charge < -0.3 is 5.32 Å². The molecular weight excluding hydrogens is 249 g/mol. The van der Waals surface area contributed by atoms with Crippen LogP contribution in [0.3, 0.4) is 0 Å². The van der Waals surface area contributed by atoms with Gasteiger partial charge in [-0.3, -0.25) is 0 Å². The zero-order valence-corrected chi connectivity index (χ0v) is 10.6. The van der Waals surface area contributed by atoms with Gasteiger partial charge in [0.1, 0.15) is 5.82 Å². The highest BCUT2D eigenvalue weighted by molar-refractivity contribution is 7.99. The van der Waals surface area contributed by atoms with Crippen LogP contribution >= 0.6 is 11.8 Å². The molecule has 1 heterocycles. The van der Waals surface area contributed by atoms with E-state index in [0.717, 1.165) is 18.6 Å². The Labute approximate surface area is 103 Å². The quantitative estimate of drug-likeness (QED) is 0.813. The van der Waals surface area contributed by atoms with E-state index in [0.29, 0.717) is 17.3 Å². The van der Waals surface area contributed by atoms with Crippen LogP contribution in [0.4, 0.5) is 19.0 Å². The molecule has 0 aromatic carbocycles. The van der Waals surface area contributed by atoms with Gasteiger partial charge in [-0.2, -0.15) is 13.2 Å². The molecule has 0 fully saturated rings. The van der Waals surface area contributed by atoms with Gasteiger partial charge in [0.2, 0.25) is 0 Å². The second kappa shape index (κ2) is 6.14. The predicted octanol–water partition coefficient (Wildman–Crippen LogP) is 4.03. The second-order valence-corrected chi connectivity index (χ2v) is 4.72. The van der Waals surface area contributed by atoms with Crippen LogP contribution in [0.1, 0.15) is 25.8 Å². The number of halogens is 3. The largest absolute Gasteiger partial charge is 0.416 e. The van der Waals surface area contributed by atoms with Crippen molar-refractivity contribution in [1.29, 1.82) is 0 Å². The first-order valence-electron chi connectivity index (χ1n) is 5.43. The smallest absolute Gasteiger partial charge is 0.370 e. The molecule has 1 rings (SSSR count). The average molecular weight is 264 g/mol. The maximum atomic E-state index is 12.6. The fraction of sp³-hybridized carbons (Fsp3) is 0.545. The van der Waals surface area contributed by atoms with E-state index < -0.39 is 11.7 Å². The summed E-state index contributed by atoms with van der Waals surface area (Å²) in [7, 11) is 0. The first kappa shape index (κ1) is 14.2. The molecule has 96 valence electrons. The maximum Gasteiger partial charge on any atom is 0.416 e. The number of nitrogens with zero attached hydrogens (tertiary/aromatic N) is 1. The van der Waals surface area contributed by atoms with E-state index in [4.69, 9.17) is 0 Å². The molecule has 0 radical (unpaired) electrons. The van der Waals surface area contributed by atoms with Crippen LogP contribution in [0, 0.1) is 0 Å². The Hall–Kier alpha value is -0.910. The average Bonchev–Trinajstić information content (AvgIpc) is 2.25. The Bertz CT molecular complexity index is 366. The minimum Gasteiger partial charge on any atom is -0.370 e. The van der Waals surface area contributed by atoms with Gasteiger partial charge >= 0.3 is 6.18 Å². The molecule has 1 N–H and O–H groups in total. The van der Waals surface area contributed by atoms with Crippen LogP contribution in [-0.2, 0) is 6.18 Å². The highest BCUT2D eigenvalue weighted by Crippen LogP contribution is 2.32. The van der Waals surface area contributed by atoms with Gasteiger partial charge in [0.25, 0.3) is 0 Å². The molecule has 1 aromatic rings. The molecule has 0 spiro atoms. The molecule has 0 aliphatic carbocycles. The second-order valence-electron chi connectivity index (χ2n) is 3.44. The summed E-state index contributed by atoms with van der Waals surface area (Å²) >= 11 is 1.30. The lowest BCUT2D eigenvalue weighted by atomic mass is 10.2. The molecule has 0 bridgehead atoms. The van der Waals surface area contributed by atoms with Gasteiger partial charge in [0.05, 0.1) is 10.6 Å². The number of nitrogens with one attached hydrogen (secondary N) is 1. The third kappa shape index (κ3) is 4.46. The van der Waals surface area contributed by atoms with E-state index in [2.05, 4.69) is 10.3 Å². The Balaban J connectivity index is 3.01. The van der Waals surface area contributed by atoms with Crippen molar-refractivity contribution in [2.75, 3.05) is 17.6 Å². The van der Waals surface area contributed by atoms with Crippen molar-refractivity contribution in [3.63, 3.8) is 0 Å². The van der Waals surface area contributed by atoms with Crippen molar-refractivity contribution >= 4 is 17.6 Å². The van der Waals surface area contributed by atoms with E-state index in [-0.39, 0.29) is 5.82 Å². The SMILES string of the molecule is CCCNc1cc(C(F)(F)F)cc(SCC)n1. The van der Waals surface area contributed by atoms with E-state index in [1.165, 1.54) is 11.8 Å². The summed E-state index contributed by atoms with van der Waals surface area (Å²) in [6.07, 6.45) is -3.48. The zero-order chi connectivity index (χ0) is 12.9. The standard InChI is InChI=1S/C11H15F3N2S/c1-3-5-15-9-6-8(11(12,13)14)7-10(16-9)17-4-2/h6-7H,3-5H2,1-2H3,(H,15,16). The lowest BCUT2D eigenvalue weighted by Gasteiger charge is -2.11. The van der Waals surface area contributed by atoms with Crippen LogP contribution in [0.2, 0.25) is 0 Å². The number of aromatic nitrogens is 1. The van der Waals surface area contributed by atoms with E-state index in [1.54, 1.807) is 0 Å². The predicted molar refractivity (Wildman–Crippen MR) is 64.4 cm³/mol. The fourth-order valence-electron chi connectivity index (χ4n) is 1.23. The van der Waals surface area contributed by atoms with Crippen LogP contribution in [0.5, 0.6) is 0 Å². The molecule has 0 saturated carbocycles. The Morgan fingerprint density at radius 3 is 2.53 bits per heavy atom. The van der Waals surface area contributed by atoms with Gasteiger partial charge in [0, 0.05) is 6.54 Å². The third-order valence-corrected chi connectivity index (χ3v) is 2.77. The molecule has 1 aromatic heterocycles. The monoisotopic (exact) mass is 264 g/mol. The van der Waals surface area contributed by atoms with Gasteiger partial charge in [-0.1, -0.05) is 13.8 Å². The third-order valence-electron chi connectivity index (χ3n) is 1.98. The van der Waals surface area contributed by atoms with Crippen LogP contribution in [0.25, 0.3) is 0 Å². The molecule has 0 atom stereocenters. The molecule has 0 aliphatic rings. The molecule has 6 heteroatoms. The minimum atomic E-state index is -4.32. The highest BCUT2D eigenvalue weighted by atomic mass is 32.2. The summed E-state index contributed by atoms with van der Waals surface area (Å²) < 4.78 is 37.9. The lowest BCUT2D eigenvalue weighted by molar-refractivity contribution is -0.137. The number of hydrogen-bond acceptors (Lipinski definition) is 3. The van der Waals surface area contributed by atoms with Gasteiger partial charge in [-0.15, -0.1) is 11.8 Å². The summed E-state index contributed by atoms with van der Waals surface area (Å²) in [4.78, 5) is 4.13. The van der Waals surface area contributed by atoms with E-state index in [9.17, 15) is 13.2 Å². The van der Waals surface area contributed by atoms with E-state index in [1.807, 2.05) is 13.8 Å². The van der Waals surface area contributed by atoms with Crippen molar-refractivity contribution in [3.05, 3.63) is 17.7 Å². The molecule has 0 aliphatic heterocycles. The lowest BCUT2D eigenvalue weighted by Crippen LogP contribution is -2.09. The number of thioether (sulfide) groups is 1. The summed E-state index contributed by atoms with van der Waals surface area (Å²) in [5.41, 5.74) is -0.651. The molecule has 0 amide bonds. The fourth-order valence-corrected chi connectivity index (χ4v) is 1.90. The van der Waals surface area contributed by atoms with Gasteiger partial charge in [0.15, 0.2) is 0 Å². The van der Waals surface area contributed by atoms with Crippen molar-refractivity contribution in [2.24, 2.45) is 0 Å². The molecule has 0 unspecified atom stereocenters. The number of pyridine rings is 1. The van der Waals surface area contributed by atoms with Crippen LogP contribution in [-0.4, -0.2) is 17.3 Å². The van der Waals surface area contributed by atoms with Gasteiger partial charge in [-0.05, 0) is 24.3 Å². The first-order chi connectivity index (χ1) is 7.97. The summed E-state index contributed by atoms with van der Waals surface area (Å²) in [6.45, 7) is 4.44. The Morgan fingerprint density at radius 1 is 1.29 bits per heavy atom. The normalized spacial score (nSPS) is 11.6. The van der Waals surface area contributed by atoms with Crippen molar-refractivity contribution < 1.29 is 13.2 Å². The Morgan fingerprint density at radius 2 is 2.00 bits per heavy atom. The number of alkyl halides is 3. The van der Waals surface area contributed by atoms with Crippen molar-refractivity contribution in [3.8, 4) is 0 Å². The summed E-state index contributed by atoms with van der Waals surface area (Å²) in [6, 6.07) is 2.14. The number of hydrogen-bond donors (Lipinski definition) is 1. The zero-order valence-electron chi connectivity index (χ0n) is 9.77. The Kier molecular flexibility index (Phi) is 5.11. The first-order valence-corrected chi connectivity index (χ1v) is 6.42. The van der Waals surface area contributed by atoms with Gasteiger partial charge in [-0.25, -0.2) is 4.98 Å². The van der Waals surface area contributed by atoms with Crippen molar-refractivity contribution in [2.45, 2.75) is 31.5 Å². The van der Waals surface area contributed by atoms with E-state index >= 15 is 0 Å². The highest BCUT2D eigenvalue weighted by Gasteiger charge is 2.31. The molecule has 17 heavy (non-hydrogen) atoms. The molecular formula is C11H15F3N2S. The summed E-state index contributed by atoms with van der Waals surface area (Å²) in [5.74, 6) is 0.985. The number of rotatable bonds is 5. The molecule has 0 saturated heterocycles. The van der Waals surface area contributed by atoms with Crippen LogP contribution < -0.4 is 5.32 Å². The van der Waals surface area contributed by atoms with Crippen molar-refractivity contribution in [1.82, 2.24) is 4.98 Å². The number of anilines is 1. The molecule has 2 nitrogen and oxygen atoms in total. The minimum absolute atomic E-state index is 0.289. The maximum absolute atomic E-state index is 12.6. The topological polar surface area (TPSA) is 24.9 Å².